The van der Waals surface area contributed by atoms with E-state index in [0.29, 0.717) is 0 Å². The molecule has 0 aromatic heterocycles. The summed E-state index contributed by atoms with van der Waals surface area (Å²) in [6.07, 6.45) is 11.8. The van der Waals surface area contributed by atoms with E-state index in [2.05, 4.69) is 48.5 Å². The van der Waals surface area contributed by atoms with Crippen LogP contribution in [-0.4, -0.2) is 18.5 Å². The van der Waals surface area contributed by atoms with Gasteiger partial charge in [0.1, 0.15) is 0 Å². The molecule has 16 heavy (non-hydrogen) atoms. The van der Waals surface area contributed by atoms with Gasteiger partial charge in [0, 0.05) is 20.4 Å². The molecule has 0 aliphatic carbocycles. The minimum absolute atomic E-state index is 0. The zero-order valence-corrected chi connectivity index (χ0v) is 16.4. The van der Waals surface area contributed by atoms with Crippen molar-refractivity contribution in [3.63, 3.8) is 0 Å². The molecule has 0 spiro atoms. The van der Waals surface area contributed by atoms with Crippen LogP contribution < -0.4 is 0 Å². The van der Waals surface area contributed by atoms with E-state index in [0.717, 1.165) is 0 Å². The van der Waals surface area contributed by atoms with E-state index in [1.165, 1.54) is 57.0 Å². The molecule has 0 radical (unpaired) electrons. The number of rotatable bonds is 6. The molecule has 0 bridgehead atoms. The Balaban J connectivity index is -0.0000000655. The SMILES string of the molecule is CCCCP.CCCCP.CCCCP.[Pd]. The third-order valence-electron chi connectivity index (χ3n) is 1.67. The first-order valence-corrected chi connectivity index (χ1v) is 8.80. The molecule has 0 aromatic rings. The summed E-state index contributed by atoms with van der Waals surface area (Å²) in [6.45, 7) is 6.60. The van der Waals surface area contributed by atoms with Gasteiger partial charge in [0.15, 0.2) is 0 Å². The summed E-state index contributed by atoms with van der Waals surface area (Å²) >= 11 is 0. The third-order valence-corrected chi connectivity index (χ3v) is 2.90. The fourth-order valence-corrected chi connectivity index (χ4v) is 1.84. The molecule has 4 heteroatoms. The first-order valence-electron chi connectivity index (χ1n) is 6.35. The van der Waals surface area contributed by atoms with Gasteiger partial charge in [-0.25, -0.2) is 0 Å². The maximum absolute atomic E-state index is 2.70. The Morgan fingerprint density at radius 2 is 0.750 bits per heavy atom. The molecule has 0 fully saturated rings. The Bertz CT molecular complexity index is 53.0. The molecule has 0 saturated carbocycles. The van der Waals surface area contributed by atoms with Crippen LogP contribution in [-0.2, 0) is 20.4 Å². The number of hydrogen-bond donors (Lipinski definition) is 0. The largest absolute Gasteiger partial charge is 0.138 e. The Kier molecular flexibility index (Phi) is 59.6. The van der Waals surface area contributed by atoms with Gasteiger partial charge in [-0.1, -0.05) is 59.3 Å². The van der Waals surface area contributed by atoms with Crippen molar-refractivity contribution in [2.45, 2.75) is 59.3 Å². The first kappa shape index (κ1) is 26.5. The van der Waals surface area contributed by atoms with Crippen LogP contribution in [0.3, 0.4) is 0 Å². The van der Waals surface area contributed by atoms with Crippen LogP contribution in [0.2, 0.25) is 0 Å². The van der Waals surface area contributed by atoms with Gasteiger partial charge in [0.05, 0.1) is 0 Å². The van der Waals surface area contributed by atoms with E-state index in [9.17, 15) is 0 Å². The van der Waals surface area contributed by atoms with E-state index >= 15 is 0 Å². The van der Waals surface area contributed by atoms with Crippen molar-refractivity contribution in [3.8, 4) is 0 Å². The number of unbranched alkanes of at least 4 members (excludes halogenated alkanes) is 3. The monoisotopic (exact) mass is 376 g/mol. The van der Waals surface area contributed by atoms with Gasteiger partial charge in [-0.2, -0.15) is 0 Å². The minimum atomic E-state index is 0. The molecule has 0 aliphatic rings. The van der Waals surface area contributed by atoms with Crippen molar-refractivity contribution in [2.24, 2.45) is 0 Å². The normalized spacial score (nSPS) is 7.88. The predicted molar refractivity (Wildman–Crippen MR) is 88.5 cm³/mol. The van der Waals surface area contributed by atoms with Crippen LogP contribution in [0.15, 0.2) is 0 Å². The minimum Gasteiger partial charge on any atom is -0.138 e. The molecule has 0 rings (SSSR count). The zero-order valence-electron chi connectivity index (χ0n) is 11.4. The van der Waals surface area contributed by atoms with Crippen molar-refractivity contribution < 1.29 is 20.4 Å². The second-order valence-corrected chi connectivity index (χ2v) is 5.16. The molecule has 0 N–H and O–H groups in total. The second kappa shape index (κ2) is 36.0. The number of hydrogen-bond acceptors (Lipinski definition) is 0. The molecule has 0 aromatic carbocycles. The van der Waals surface area contributed by atoms with E-state index in [1.54, 1.807) is 0 Å². The summed E-state index contributed by atoms with van der Waals surface area (Å²) in [4.78, 5) is 0. The summed E-state index contributed by atoms with van der Waals surface area (Å²) in [5, 5.41) is 0. The van der Waals surface area contributed by atoms with Gasteiger partial charge in [0.25, 0.3) is 0 Å². The quantitative estimate of drug-likeness (QED) is 0.453. The summed E-state index contributed by atoms with van der Waals surface area (Å²) in [7, 11) is 8.10. The van der Waals surface area contributed by atoms with Gasteiger partial charge in [-0.15, -0.1) is 27.7 Å². The van der Waals surface area contributed by atoms with Crippen molar-refractivity contribution in [1.29, 1.82) is 0 Å². The second-order valence-electron chi connectivity index (χ2n) is 3.43. The fraction of sp³-hybridized carbons (Fsp3) is 1.00. The van der Waals surface area contributed by atoms with Crippen molar-refractivity contribution >= 4 is 27.7 Å². The van der Waals surface area contributed by atoms with E-state index in [-0.39, 0.29) is 20.4 Å². The molecular weight excluding hydrogens is 343 g/mol. The summed E-state index contributed by atoms with van der Waals surface area (Å²) in [6, 6.07) is 0. The van der Waals surface area contributed by atoms with E-state index in [4.69, 9.17) is 0 Å². The maximum Gasteiger partial charge on any atom is 0 e. The molecule has 0 nitrogen and oxygen atoms in total. The van der Waals surface area contributed by atoms with Crippen LogP contribution in [0, 0.1) is 0 Å². The summed E-state index contributed by atoms with van der Waals surface area (Å²) < 4.78 is 0. The zero-order chi connectivity index (χ0) is 12.4. The molecule has 3 unspecified atom stereocenters. The van der Waals surface area contributed by atoms with E-state index < -0.39 is 0 Å². The van der Waals surface area contributed by atoms with Crippen LogP contribution in [0.25, 0.3) is 0 Å². The van der Waals surface area contributed by atoms with Crippen LogP contribution >= 0.6 is 27.7 Å². The summed E-state index contributed by atoms with van der Waals surface area (Å²) in [5.41, 5.74) is 0. The Hall–Kier alpha value is 1.95. The smallest absolute Gasteiger partial charge is 0 e. The molecule has 3 atom stereocenters. The van der Waals surface area contributed by atoms with Crippen LogP contribution in [0.4, 0.5) is 0 Å². The Morgan fingerprint density at radius 3 is 0.750 bits per heavy atom. The molecule has 106 valence electrons. The molecule has 0 amide bonds. The van der Waals surface area contributed by atoms with Crippen LogP contribution in [0.1, 0.15) is 59.3 Å². The first-order chi connectivity index (χ1) is 7.24. The molecule has 0 aliphatic heterocycles. The average Bonchev–Trinajstić information content (AvgIpc) is 2.23. The molecular formula is C12H33P3Pd. The van der Waals surface area contributed by atoms with Gasteiger partial charge in [-0.3, -0.25) is 0 Å². The van der Waals surface area contributed by atoms with Gasteiger partial charge in [-0.05, 0) is 18.5 Å². The van der Waals surface area contributed by atoms with Gasteiger partial charge < -0.3 is 0 Å². The van der Waals surface area contributed by atoms with Gasteiger partial charge >= 0.3 is 0 Å². The third kappa shape index (κ3) is 56.4. The van der Waals surface area contributed by atoms with Gasteiger partial charge in [0.2, 0.25) is 0 Å². The Morgan fingerprint density at radius 1 is 0.562 bits per heavy atom. The standard InChI is InChI=1S/3C4H11P.Pd/c3*1-2-3-4-5;/h3*2-5H2,1H3;. The average molecular weight is 377 g/mol. The van der Waals surface area contributed by atoms with Crippen LogP contribution in [0.5, 0.6) is 0 Å². The molecule has 0 heterocycles. The predicted octanol–water partition coefficient (Wildman–Crippen LogP) is 4.98. The summed E-state index contributed by atoms with van der Waals surface area (Å²) in [5.74, 6) is 0. The maximum atomic E-state index is 2.70. The van der Waals surface area contributed by atoms with Crippen molar-refractivity contribution in [3.05, 3.63) is 0 Å². The topological polar surface area (TPSA) is 0 Å². The Labute approximate surface area is 126 Å². The van der Waals surface area contributed by atoms with Crippen molar-refractivity contribution in [2.75, 3.05) is 18.5 Å². The van der Waals surface area contributed by atoms with Crippen molar-refractivity contribution in [1.82, 2.24) is 0 Å². The fourth-order valence-electron chi connectivity index (χ4n) is 0.612. The molecule has 0 saturated heterocycles. The van der Waals surface area contributed by atoms with E-state index in [1.807, 2.05) is 0 Å².